The molecule has 0 unspecified atom stereocenters. The number of esters is 1. The smallest absolute Gasteiger partial charge is 0.305 e. The van der Waals surface area contributed by atoms with Gasteiger partial charge in [0.15, 0.2) is 11.6 Å². The molecule has 0 radical (unpaired) electrons. The highest BCUT2D eigenvalue weighted by molar-refractivity contribution is 6.13. The van der Waals surface area contributed by atoms with Gasteiger partial charge in [-0.2, -0.15) is 0 Å². The van der Waals surface area contributed by atoms with E-state index in [1.165, 1.54) is 0 Å². The summed E-state index contributed by atoms with van der Waals surface area (Å²) in [5, 5.41) is 0. The predicted molar refractivity (Wildman–Crippen MR) is 116 cm³/mol. The monoisotopic (exact) mass is 410 g/mol. The van der Waals surface area contributed by atoms with Crippen LogP contribution in [-0.2, 0) is 14.9 Å². The standard InChI is InChI=1S/C25H30O5/c1-5-29-24(28)7-6-16-30-21-14-10-19(11-15-21)23(27)17-22(26)18-8-12-20(13-9-18)25(2,3)4/h8-15H,5-7,16-17H2,1-4H3. The van der Waals surface area contributed by atoms with E-state index < -0.39 is 0 Å². The molecular formula is C25H30O5. The Morgan fingerprint density at radius 3 is 1.87 bits per heavy atom. The molecule has 5 heteroatoms. The summed E-state index contributed by atoms with van der Waals surface area (Å²) in [4.78, 5) is 36.2. The number of hydrogen-bond donors (Lipinski definition) is 0. The predicted octanol–water partition coefficient (Wildman–Crippen LogP) is 5.16. The van der Waals surface area contributed by atoms with Gasteiger partial charge in [-0.1, -0.05) is 45.0 Å². The summed E-state index contributed by atoms with van der Waals surface area (Å²) in [7, 11) is 0. The van der Waals surface area contributed by atoms with Crippen molar-refractivity contribution in [3.05, 3.63) is 65.2 Å². The molecule has 0 atom stereocenters. The van der Waals surface area contributed by atoms with Gasteiger partial charge in [-0.25, -0.2) is 0 Å². The summed E-state index contributed by atoms with van der Waals surface area (Å²) in [6.07, 6.45) is 0.694. The van der Waals surface area contributed by atoms with Gasteiger partial charge in [0.2, 0.25) is 0 Å². The number of benzene rings is 2. The lowest BCUT2D eigenvalue weighted by Crippen LogP contribution is -2.12. The lowest BCUT2D eigenvalue weighted by atomic mass is 9.86. The Labute approximate surface area is 178 Å². The zero-order valence-corrected chi connectivity index (χ0v) is 18.2. The molecule has 0 aromatic heterocycles. The van der Waals surface area contributed by atoms with Gasteiger partial charge < -0.3 is 9.47 Å². The molecule has 0 fully saturated rings. The summed E-state index contributed by atoms with van der Waals surface area (Å²) in [6.45, 7) is 8.87. The molecule has 0 bridgehead atoms. The van der Waals surface area contributed by atoms with Gasteiger partial charge in [-0.3, -0.25) is 14.4 Å². The van der Waals surface area contributed by atoms with E-state index in [4.69, 9.17) is 9.47 Å². The Bertz CT molecular complexity index is 858. The molecule has 0 aliphatic heterocycles. The normalized spacial score (nSPS) is 11.1. The van der Waals surface area contributed by atoms with Crippen molar-refractivity contribution in [1.29, 1.82) is 0 Å². The minimum atomic E-state index is -0.236. The summed E-state index contributed by atoms with van der Waals surface area (Å²) in [5.41, 5.74) is 2.16. The van der Waals surface area contributed by atoms with E-state index in [2.05, 4.69) is 20.8 Å². The topological polar surface area (TPSA) is 69.7 Å². The summed E-state index contributed by atoms with van der Waals surface area (Å²) >= 11 is 0. The van der Waals surface area contributed by atoms with Gasteiger partial charge in [0.25, 0.3) is 0 Å². The molecule has 0 aliphatic rings. The van der Waals surface area contributed by atoms with Gasteiger partial charge in [0.1, 0.15) is 5.75 Å². The molecule has 0 aliphatic carbocycles. The Kier molecular flexibility index (Phi) is 8.34. The van der Waals surface area contributed by atoms with Crippen molar-refractivity contribution in [3.63, 3.8) is 0 Å². The van der Waals surface area contributed by atoms with Gasteiger partial charge in [-0.05, 0) is 48.6 Å². The highest BCUT2D eigenvalue weighted by Crippen LogP contribution is 2.23. The molecule has 0 amide bonds. The second-order valence-electron chi connectivity index (χ2n) is 8.13. The van der Waals surface area contributed by atoms with Crippen molar-refractivity contribution < 1.29 is 23.9 Å². The summed E-state index contributed by atoms with van der Waals surface area (Å²) < 4.78 is 10.4. The zero-order valence-electron chi connectivity index (χ0n) is 18.2. The van der Waals surface area contributed by atoms with E-state index >= 15 is 0 Å². The number of carbonyl (C=O) groups is 3. The highest BCUT2D eigenvalue weighted by Gasteiger charge is 2.17. The lowest BCUT2D eigenvalue weighted by molar-refractivity contribution is -0.143. The average Bonchev–Trinajstić information content (AvgIpc) is 2.71. The molecule has 0 N–H and O–H groups in total. The molecule has 2 aromatic rings. The van der Waals surface area contributed by atoms with Crippen molar-refractivity contribution in [1.82, 2.24) is 0 Å². The van der Waals surface area contributed by atoms with Crippen LogP contribution in [0, 0.1) is 0 Å². The van der Waals surface area contributed by atoms with Gasteiger partial charge in [0.05, 0.1) is 19.6 Å². The molecule has 5 nitrogen and oxygen atoms in total. The lowest BCUT2D eigenvalue weighted by Gasteiger charge is -2.18. The average molecular weight is 411 g/mol. The minimum Gasteiger partial charge on any atom is -0.494 e. The third-order valence-electron chi connectivity index (χ3n) is 4.67. The van der Waals surface area contributed by atoms with Crippen LogP contribution in [0.15, 0.2) is 48.5 Å². The van der Waals surface area contributed by atoms with E-state index in [-0.39, 0.29) is 29.4 Å². The van der Waals surface area contributed by atoms with Crippen LogP contribution in [0.4, 0.5) is 0 Å². The quantitative estimate of drug-likeness (QED) is 0.234. The molecule has 2 aromatic carbocycles. The summed E-state index contributed by atoms with van der Waals surface area (Å²) in [6, 6.07) is 14.1. The van der Waals surface area contributed by atoms with Crippen LogP contribution in [0.2, 0.25) is 0 Å². The zero-order chi connectivity index (χ0) is 22.1. The SMILES string of the molecule is CCOC(=O)CCCOc1ccc(C(=O)CC(=O)c2ccc(C(C)(C)C)cc2)cc1. The fourth-order valence-corrected chi connectivity index (χ4v) is 2.88. The van der Waals surface area contributed by atoms with E-state index in [1.807, 2.05) is 12.1 Å². The number of ether oxygens (including phenoxy) is 2. The largest absolute Gasteiger partial charge is 0.494 e. The number of rotatable bonds is 10. The first-order chi connectivity index (χ1) is 14.2. The molecule has 2 rings (SSSR count). The fraction of sp³-hybridized carbons (Fsp3) is 0.400. The maximum absolute atomic E-state index is 12.4. The second-order valence-corrected chi connectivity index (χ2v) is 8.13. The van der Waals surface area contributed by atoms with Crippen LogP contribution >= 0.6 is 0 Å². The number of carbonyl (C=O) groups excluding carboxylic acids is 3. The molecule has 0 saturated carbocycles. The second kappa shape index (κ2) is 10.7. The van der Waals surface area contributed by atoms with Crippen molar-refractivity contribution in [3.8, 4) is 5.75 Å². The minimum absolute atomic E-state index is 0.0139. The molecule has 0 saturated heterocycles. The first kappa shape index (κ1) is 23.3. The summed E-state index contributed by atoms with van der Waals surface area (Å²) in [5.74, 6) is -0.0484. The van der Waals surface area contributed by atoms with Crippen LogP contribution in [0.3, 0.4) is 0 Å². The van der Waals surface area contributed by atoms with Crippen molar-refractivity contribution in [2.45, 2.75) is 52.4 Å². The van der Waals surface area contributed by atoms with Crippen LogP contribution in [0.1, 0.15) is 73.2 Å². The fourth-order valence-electron chi connectivity index (χ4n) is 2.88. The van der Waals surface area contributed by atoms with Crippen molar-refractivity contribution in [2.24, 2.45) is 0 Å². The van der Waals surface area contributed by atoms with Gasteiger partial charge in [-0.15, -0.1) is 0 Å². The number of Topliss-reactive ketones (excluding diaryl/α,β-unsaturated/α-hetero) is 2. The Balaban J connectivity index is 1.85. The van der Waals surface area contributed by atoms with E-state index in [0.29, 0.717) is 42.9 Å². The van der Waals surface area contributed by atoms with Crippen LogP contribution < -0.4 is 4.74 Å². The van der Waals surface area contributed by atoms with E-state index in [1.54, 1.807) is 43.3 Å². The Morgan fingerprint density at radius 1 is 0.833 bits per heavy atom. The van der Waals surface area contributed by atoms with Gasteiger partial charge in [0, 0.05) is 17.5 Å². The molecule has 160 valence electrons. The van der Waals surface area contributed by atoms with E-state index in [0.717, 1.165) is 5.56 Å². The third kappa shape index (κ3) is 7.14. The first-order valence-corrected chi connectivity index (χ1v) is 10.3. The molecule has 0 spiro atoms. The van der Waals surface area contributed by atoms with Gasteiger partial charge >= 0.3 is 5.97 Å². The number of hydrogen-bond acceptors (Lipinski definition) is 5. The van der Waals surface area contributed by atoms with Crippen LogP contribution in [0.5, 0.6) is 5.75 Å². The third-order valence-corrected chi connectivity index (χ3v) is 4.67. The Hall–Kier alpha value is -2.95. The molecule has 0 heterocycles. The number of ketones is 2. The highest BCUT2D eigenvalue weighted by atomic mass is 16.5. The maximum Gasteiger partial charge on any atom is 0.305 e. The van der Waals surface area contributed by atoms with Crippen molar-refractivity contribution >= 4 is 17.5 Å². The maximum atomic E-state index is 12.4. The molecule has 30 heavy (non-hydrogen) atoms. The first-order valence-electron chi connectivity index (χ1n) is 10.3. The van der Waals surface area contributed by atoms with E-state index in [9.17, 15) is 14.4 Å². The molecular weight excluding hydrogens is 380 g/mol. The Morgan fingerprint density at radius 2 is 1.37 bits per heavy atom. The van der Waals surface area contributed by atoms with Crippen LogP contribution in [0.25, 0.3) is 0 Å². The van der Waals surface area contributed by atoms with Crippen LogP contribution in [-0.4, -0.2) is 30.7 Å². The van der Waals surface area contributed by atoms with Crippen molar-refractivity contribution in [2.75, 3.05) is 13.2 Å².